The highest BCUT2D eigenvalue weighted by molar-refractivity contribution is 5.84. The number of hydrazone groups is 1. The number of benzene rings is 1. The summed E-state index contributed by atoms with van der Waals surface area (Å²) in [5, 5.41) is 24.9. The third-order valence-corrected chi connectivity index (χ3v) is 4.79. The average Bonchev–Trinajstić information content (AvgIpc) is 2.81. The van der Waals surface area contributed by atoms with Crippen LogP contribution in [0.25, 0.3) is 0 Å². The lowest BCUT2D eigenvalue weighted by atomic mass is 10.2. The first-order valence-corrected chi connectivity index (χ1v) is 9.78. The molecule has 0 saturated carbocycles. The number of aromatic hydroxyl groups is 1. The Kier molecular flexibility index (Phi) is 6.33. The second-order valence-electron chi connectivity index (χ2n) is 6.83. The van der Waals surface area contributed by atoms with Crippen molar-refractivity contribution < 1.29 is 19.5 Å². The third kappa shape index (κ3) is 5.13. The van der Waals surface area contributed by atoms with Gasteiger partial charge < -0.3 is 24.4 Å². The summed E-state index contributed by atoms with van der Waals surface area (Å²) in [6.07, 6.45) is 1.27. The standard InChI is InChI=1S/C18H22N8O5/c27-15-2-1-14(26(28)29)11-13(15)12-19-23-16-20-17(24-3-7-30-8-4-24)22-18(21-16)25-5-9-31-10-6-25/h1-2,11-12,27H,3-10H2,(H,20,21,22,23)/b19-12+. The van der Waals surface area contributed by atoms with Crippen molar-refractivity contribution in [2.45, 2.75) is 0 Å². The van der Waals surface area contributed by atoms with E-state index in [9.17, 15) is 15.2 Å². The minimum absolute atomic E-state index is 0.130. The molecule has 13 heteroatoms. The topological polar surface area (TPSA) is 151 Å². The minimum Gasteiger partial charge on any atom is -0.507 e. The molecule has 164 valence electrons. The number of aromatic nitrogens is 3. The van der Waals surface area contributed by atoms with Crippen molar-refractivity contribution in [1.82, 2.24) is 15.0 Å². The second kappa shape index (κ2) is 9.49. The van der Waals surface area contributed by atoms with Crippen LogP contribution in [0.4, 0.5) is 23.5 Å². The monoisotopic (exact) mass is 430 g/mol. The Hall–Kier alpha value is -3.58. The largest absolute Gasteiger partial charge is 0.507 e. The first-order chi connectivity index (χ1) is 15.1. The van der Waals surface area contributed by atoms with Crippen LogP contribution in [0, 0.1) is 10.1 Å². The zero-order valence-electron chi connectivity index (χ0n) is 16.7. The van der Waals surface area contributed by atoms with E-state index in [2.05, 4.69) is 25.5 Å². The second-order valence-corrected chi connectivity index (χ2v) is 6.83. The van der Waals surface area contributed by atoms with Crippen LogP contribution in [0.1, 0.15) is 5.56 Å². The molecule has 2 saturated heterocycles. The molecule has 0 radical (unpaired) electrons. The molecule has 0 atom stereocenters. The number of nitro benzene ring substituents is 1. The summed E-state index contributed by atoms with van der Waals surface area (Å²) in [5.74, 6) is 1.11. The van der Waals surface area contributed by atoms with Crippen molar-refractivity contribution in [1.29, 1.82) is 0 Å². The normalized spacial score (nSPS) is 17.2. The van der Waals surface area contributed by atoms with E-state index in [1.165, 1.54) is 24.4 Å². The molecule has 4 rings (SSSR count). The quantitative estimate of drug-likeness (QED) is 0.376. The summed E-state index contributed by atoms with van der Waals surface area (Å²) in [5.41, 5.74) is 2.78. The fraction of sp³-hybridized carbons (Fsp3) is 0.444. The van der Waals surface area contributed by atoms with Crippen molar-refractivity contribution in [3.8, 4) is 5.75 Å². The molecule has 13 nitrogen and oxygen atoms in total. The van der Waals surface area contributed by atoms with Crippen molar-refractivity contribution in [2.24, 2.45) is 5.10 Å². The summed E-state index contributed by atoms with van der Waals surface area (Å²) in [4.78, 5) is 27.9. The SMILES string of the molecule is O=[N+]([O-])c1ccc(O)c(/C=N/Nc2nc(N3CCOCC3)nc(N3CCOCC3)n2)c1. The summed E-state index contributed by atoms with van der Waals surface area (Å²) < 4.78 is 10.8. The molecule has 0 bridgehead atoms. The number of nitrogens with one attached hydrogen (secondary N) is 1. The minimum atomic E-state index is -0.542. The van der Waals surface area contributed by atoms with E-state index in [1.807, 2.05) is 9.80 Å². The van der Waals surface area contributed by atoms with Crippen LogP contribution in [-0.4, -0.2) is 83.8 Å². The van der Waals surface area contributed by atoms with E-state index < -0.39 is 4.92 Å². The van der Waals surface area contributed by atoms with Crippen LogP contribution in [0.15, 0.2) is 23.3 Å². The van der Waals surface area contributed by atoms with E-state index in [4.69, 9.17) is 9.47 Å². The zero-order chi connectivity index (χ0) is 21.6. The maximum absolute atomic E-state index is 10.9. The highest BCUT2D eigenvalue weighted by Gasteiger charge is 2.20. The molecule has 1 aromatic carbocycles. The predicted octanol–water partition coefficient (Wildman–Crippen LogP) is 0.605. The molecule has 2 aliphatic rings. The van der Waals surface area contributed by atoms with Crippen LogP contribution in [0.2, 0.25) is 0 Å². The fourth-order valence-electron chi connectivity index (χ4n) is 3.13. The summed E-state index contributed by atoms with van der Waals surface area (Å²) >= 11 is 0. The van der Waals surface area contributed by atoms with Crippen molar-refractivity contribution >= 4 is 29.7 Å². The molecule has 2 aromatic rings. The smallest absolute Gasteiger partial charge is 0.270 e. The Morgan fingerprint density at radius 3 is 2.16 bits per heavy atom. The summed E-state index contributed by atoms with van der Waals surface area (Å²) in [7, 11) is 0. The highest BCUT2D eigenvalue weighted by Crippen LogP contribution is 2.22. The van der Waals surface area contributed by atoms with Gasteiger partial charge in [-0.3, -0.25) is 10.1 Å². The van der Waals surface area contributed by atoms with Gasteiger partial charge in [-0.1, -0.05) is 0 Å². The summed E-state index contributed by atoms with van der Waals surface area (Å²) in [6, 6.07) is 3.69. The molecule has 0 aliphatic carbocycles. The number of phenols is 1. The lowest BCUT2D eigenvalue weighted by Gasteiger charge is -2.30. The van der Waals surface area contributed by atoms with Gasteiger partial charge in [-0.05, 0) is 6.07 Å². The number of phenolic OH excluding ortho intramolecular Hbond substituents is 1. The summed E-state index contributed by atoms with van der Waals surface area (Å²) in [6.45, 7) is 5.01. The van der Waals surface area contributed by atoms with E-state index in [0.29, 0.717) is 64.5 Å². The number of nitro groups is 1. The maximum Gasteiger partial charge on any atom is 0.270 e. The van der Waals surface area contributed by atoms with Gasteiger partial charge in [0.15, 0.2) is 0 Å². The molecular weight excluding hydrogens is 408 g/mol. The van der Waals surface area contributed by atoms with Crippen molar-refractivity contribution in [3.05, 3.63) is 33.9 Å². The average molecular weight is 430 g/mol. The van der Waals surface area contributed by atoms with Crippen molar-refractivity contribution in [2.75, 3.05) is 67.8 Å². The molecule has 2 fully saturated rings. The van der Waals surface area contributed by atoms with E-state index in [-0.39, 0.29) is 22.9 Å². The predicted molar refractivity (Wildman–Crippen MR) is 112 cm³/mol. The lowest BCUT2D eigenvalue weighted by molar-refractivity contribution is -0.384. The Bertz CT molecular complexity index is 924. The highest BCUT2D eigenvalue weighted by atomic mass is 16.6. The van der Waals surface area contributed by atoms with E-state index in [0.717, 1.165) is 0 Å². The van der Waals surface area contributed by atoms with Gasteiger partial charge in [0.25, 0.3) is 5.69 Å². The van der Waals surface area contributed by atoms with E-state index in [1.54, 1.807) is 0 Å². The van der Waals surface area contributed by atoms with Crippen LogP contribution < -0.4 is 15.2 Å². The number of ether oxygens (including phenoxy) is 2. The molecule has 2 N–H and O–H groups in total. The lowest BCUT2D eigenvalue weighted by Crippen LogP contribution is -2.40. The third-order valence-electron chi connectivity index (χ3n) is 4.79. The van der Waals surface area contributed by atoms with Crippen molar-refractivity contribution in [3.63, 3.8) is 0 Å². The van der Waals surface area contributed by atoms with Gasteiger partial charge >= 0.3 is 0 Å². The molecule has 3 heterocycles. The van der Waals surface area contributed by atoms with Crippen LogP contribution >= 0.6 is 0 Å². The van der Waals surface area contributed by atoms with Crippen LogP contribution in [0.3, 0.4) is 0 Å². The molecule has 0 spiro atoms. The van der Waals surface area contributed by atoms with Crippen LogP contribution in [-0.2, 0) is 9.47 Å². The number of nitrogens with zero attached hydrogens (tertiary/aromatic N) is 7. The van der Waals surface area contributed by atoms with Gasteiger partial charge in [0, 0.05) is 43.9 Å². The maximum atomic E-state index is 10.9. The first kappa shape index (κ1) is 20.7. The molecule has 31 heavy (non-hydrogen) atoms. The van der Waals surface area contributed by atoms with E-state index >= 15 is 0 Å². The Morgan fingerprint density at radius 1 is 1.03 bits per heavy atom. The number of morpholine rings is 2. The number of hydrogen-bond acceptors (Lipinski definition) is 12. The molecule has 1 aromatic heterocycles. The number of hydrogen-bond donors (Lipinski definition) is 2. The van der Waals surface area contributed by atoms with Gasteiger partial charge in [-0.15, -0.1) is 0 Å². The van der Waals surface area contributed by atoms with Crippen LogP contribution in [0.5, 0.6) is 5.75 Å². The Morgan fingerprint density at radius 2 is 1.61 bits per heavy atom. The molecular formula is C18H22N8O5. The number of non-ortho nitro benzene ring substituents is 1. The molecule has 0 amide bonds. The Labute approximate surface area is 177 Å². The van der Waals surface area contributed by atoms with Gasteiger partial charge in [0.2, 0.25) is 17.8 Å². The Balaban J connectivity index is 1.57. The molecule has 0 unspecified atom stereocenters. The molecule has 2 aliphatic heterocycles. The fourth-order valence-corrected chi connectivity index (χ4v) is 3.13. The van der Waals surface area contributed by atoms with Gasteiger partial charge in [0.05, 0.1) is 37.6 Å². The number of rotatable bonds is 6. The van der Waals surface area contributed by atoms with Gasteiger partial charge in [0.1, 0.15) is 5.75 Å². The first-order valence-electron chi connectivity index (χ1n) is 9.78. The zero-order valence-corrected chi connectivity index (χ0v) is 16.7. The number of anilines is 3. The van der Waals surface area contributed by atoms with Gasteiger partial charge in [-0.2, -0.15) is 20.1 Å². The van der Waals surface area contributed by atoms with Gasteiger partial charge in [-0.25, -0.2) is 5.43 Å².